The van der Waals surface area contributed by atoms with Gasteiger partial charge in [0.2, 0.25) is 0 Å². The number of carbonyl (C=O) groups is 2. The molecule has 2 saturated carbocycles. The first kappa shape index (κ1) is 63.0. The largest absolute Gasteiger partial charge is 0.493 e. The van der Waals surface area contributed by atoms with E-state index in [4.69, 9.17) is 48.1 Å². The van der Waals surface area contributed by atoms with Gasteiger partial charge in [0, 0.05) is 90.8 Å². The maximum absolute atomic E-state index is 13.8. The molecule has 0 bridgehead atoms. The van der Waals surface area contributed by atoms with Gasteiger partial charge in [0.15, 0.2) is 0 Å². The average molecular weight is 1250 g/mol. The van der Waals surface area contributed by atoms with Crippen LogP contribution in [-0.4, -0.2) is 108 Å². The third-order valence-electron chi connectivity index (χ3n) is 19.0. The maximum atomic E-state index is 13.8. The number of nitrogens with zero attached hydrogens (tertiary/aromatic N) is 6. The second kappa shape index (κ2) is 29.5. The zero-order valence-electron chi connectivity index (χ0n) is 54.4. The summed E-state index contributed by atoms with van der Waals surface area (Å²) in [5.41, 5.74) is 17.5. The van der Waals surface area contributed by atoms with Crippen LogP contribution in [0, 0.1) is 0 Å². The monoisotopic (exact) mass is 1250 g/mol. The van der Waals surface area contributed by atoms with E-state index in [0.717, 1.165) is 185 Å². The minimum atomic E-state index is -0.265. The van der Waals surface area contributed by atoms with Crippen molar-refractivity contribution in [3.8, 4) is 33.8 Å². The Balaban J connectivity index is 0.000000168. The number of benzene rings is 5. The number of rotatable bonds is 22. The molecule has 16 heteroatoms. The van der Waals surface area contributed by atoms with Crippen molar-refractivity contribution >= 4 is 44.5 Å². The minimum absolute atomic E-state index is 0.248. The third kappa shape index (κ3) is 13.3. The number of methoxy groups -OCH3 is 2. The second-order valence-electron chi connectivity index (χ2n) is 25.2. The molecule has 0 saturated heterocycles. The van der Waals surface area contributed by atoms with E-state index in [9.17, 15) is 9.59 Å². The van der Waals surface area contributed by atoms with Gasteiger partial charge in [0.25, 0.3) is 0 Å². The lowest BCUT2D eigenvalue weighted by atomic mass is 9.91. The van der Waals surface area contributed by atoms with Crippen LogP contribution < -0.4 is 9.47 Å². The van der Waals surface area contributed by atoms with Crippen LogP contribution in [0.25, 0.3) is 54.8 Å². The molecule has 9 aromatic rings. The van der Waals surface area contributed by atoms with Gasteiger partial charge < -0.3 is 47.0 Å². The number of aryl methyl sites for hydroxylation is 5. The molecule has 14 rings (SSSR count). The Morgan fingerprint density at radius 2 is 1.02 bits per heavy atom. The molecular formula is C76H90N6O10. The van der Waals surface area contributed by atoms with Crippen LogP contribution in [-0.2, 0) is 93.5 Å². The standard InChI is InChI=1S/C38H47N3O5.C38H43N3O5/c2*1-3-45-38(42)37-30(16-10-23-46-33-17-8-12-26-11-4-5-13-28(26)33)29-14-9-15-31-34-32(25-44-22-7-6-20-40(37)36(29)31)41(21-24-43-2)39-35(34)27-18-19-27/h8-9,12,14-15,17,27H,3-7,10-11,13,16,18-25H2,1-2H3;4-5,8-9,11-15,17,27H,3,6-7,10,16,18-25H2,1-2H3. The van der Waals surface area contributed by atoms with E-state index >= 15 is 0 Å². The lowest BCUT2D eigenvalue weighted by molar-refractivity contribution is 0.0502. The van der Waals surface area contributed by atoms with Crippen LogP contribution >= 0.6 is 0 Å². The van der Waals surface area contributed by atoms with Crippen molar-refractivity contribution in [1.82, 2.24) is 28.7 Å². The number of esters is 2. The van der Waals surface area contributed by atoms with Crippen LogP contribution in [0.1, 0.15) is 169 Å². The fourth-order valence-corrected chi connectivity index (χ4v) is 14.5. The highest BCUT2D eigenvalue weighted by atomic mass is 16.5. The molecule has 6 heterocycles. The van der Waals surface area contributed by atoms with E-state index in [1.54, 1.807) is 14.2 Å². The number of para-hydroxylation sites is 2. The van der Waals surface area contributed by atoms with Gasteiger partial charge in [-0.1, -0.05) is 84.9 Å². The Hall–Kier alpha value is -7.76. The summed E-state index contributed by atoms with van der Waals surface area (Å²) in [5.74, 6) is 2.29. The van der Waals surface area contributed by atoms with Crippen molar-refractivity contribution in [3.63, 3.8) is 0 Å². The molecule has 2 aliphatic heterocycles. The first-order valence-electron chi connectivity index (χ1n) is 34.2. The van der Waals surface area contributed by atoms with Crippen LogP contribution in [0.5, 0.6) is 11.5 Å². The van der Waals surface area contributed by atoms with Gasteiger partial charge in [-0.3, -0.25) is 9.36 Å². The Morgan fingerprint density at radius 3 is 1.57 bits per heavy atom. The Morgan fingerprint density at radius 1 is 0.533 bits per heavy atom. The summed E-state index contributed by atoms with van der Waals surface area (Å²) in [7, 11) is 3.46. The number of hydrogen-bond donors (Lipinski definition) is 0. The van der Waals surface area contributed by atoms with E-state index in [1.807, 2.05) is 38.1 Å². The summed E-state index contributed by atoms with van der Waals surface area (Å²) in [6, 6.07) is 34.0. The zero-order valence-corrected chi connectivity index (χ0v) is 54.4. The lowest BCUT2D eigenvalue weighted by Gasteiger charge is -2.19. The van der Waals surface area contributed by atoms with Crippen molar-refractivity contribution in [2.75, 3.05) is 67.1 Å². The molecule has 2 fully saturated rings. The highest BCUT2D eigenvalue weighted by molar-refractivity contribution is 6.06. The van der Waals surface area contributed by atoms with Gasteiger partial charge in [-0.05, 0) is 156 Å². The summed E-state index contributed by atoms with van der Waals surface area (Å²) < 4.78 is 56.3. The van der Waals surface area contributed by atoms with Crippen LogP contribution in [0.3, 0.4) is 0 Å². The van der Waals surface area contributed by atoms with E-state index in [-0.39, 0.29) is 11.9 Å². The van der Waals surface area contributed by atoms with Crippen LogP contribution in [0.4, 0.5) is 0 Å². The molecular weight excluding hydrogens is 1160 g/mol. The van der Waals surface area contributed by atoms with Gasteiger partial charge in [0.1, 0.15) is 22.9 Å². The summed E-state index contributed by atoms with van der Waals surface area (Å²) >= 11 is 0. The van der Waals surface area contributed by atoms with E-state index in [1.165, 1.54) is 29.5 Å². The lowest BCUT2D eigenvalue weighted by Crippen LogP contribution is -2.15. The predicted octanol–water partition coefficient (Wildman–Crippen LogP) is 15.1. The van der Waals surface area contributed by atoms with Crippen LogP contribution in [0.15, 0.2) is 97.1 Å². The smallest absolute Gasteiger partial charge is 0.355 e. The Bertz CT molecular complexity index is 4060. The molecule has 5 aromatic carbocycles. The van der Waals surface area contributed by atoms with Gasteiger partial charge >= 0.3 is 11.9 Å². The average Bonchev–Trinajstić information content (AvgIpc) is 1.60. The Kier molecular flexibility index (Phi) is 20.2. The molecule has 4 aromatic heterocycles. The van der Waals surface area contributed by atoms with E-state index in [2.05, 4.69) is 91.3 Å². The summed E-state index contributed by atoms with van der Waals surface area (Å²) in [5, 5.41) is 14.8. The third-order valence-corrected chi connectivity index (χ3v) is 19.0. The first-order chi connectivity index (χ1) is 45.4. The molecule has 92 heavy (non-hydrogen) atoms. The fraction of sp³-hybridized carbons (Fsp3) is 0.474. The van der Waals surface area contributed by atoms with E-state index in [0.29, 0.717) is 115 Å². The normalized spacial score (nSPS) is 15.8. The fourth-order valence-electron chi connectivity index (χ4n) is 14.5. The van der Waals surface area contributed by atoms with Gasteiger partial charge in [0.05, 0.1) is 99.8 Å². The number of aromatic nitrogens is 6. The molecule has 5 aliphatic rings. The molecule has 3 aliphatic carbocycles. The molecule has 16 nitrogen and oxygen atoms in total. The molecule has 0 amide bonds. The quantitative estimate of drug-likeness (QED) is 0.0469. The topological polar surface area (TPSA) is 153 Å². The number of hydrogen-bond acceptors (Lipinski definition) is 12. The number of carbonyl (C=O) groups excluding carboxylic acids is 2. The highest BCUT2D eigenvalue weighted by Crippen LogP contribution is 2.50. The summed E-state index contributed by atoms with van der Waals surface area (Å²) in [6.07, 6.45) is 15.9. The Labute approximate surface area is 540 Å². The summed E-state index contributed by atoms with van der Waals surface area (Å²) in [6.45, 7) is 11.8. The minimum Gasteiger partial charge on any atom is -0.493 e. The maximum Gasteiger partial charge on any atom is 0.355 e. The van der Waals surface area contributed by atoms with Crippen molar-refractivity contribution in [2.24, 2.45) is 0 Å². The molecule has 0 spiro atoms. The van der Waals surface area contributed by atoms with Crippen molar-refractivity contribution in [2.45, 2.75) is 168 Å². The van der Waals surface area contributed by atoms with Crippen LogP contribution in [0.2, 0.25) is 0 Å². The number of ether oxygens (including phenoxy) is 8. The molecule has 0 atom stereocenters. The van der Waals surface area contributed by atoms with Crippen molar-refractivity contribution in [3.05, 3.63) is 153 Å². The van der Waals surface area contributed by atoms with Crippen molar-refractivity contribution in [1.29, 1.82) is 0 Å². The predicted molar refractivity (Wildman–Crippen MR) is 358 cm³/mol. The van der Waals surface area contributed by atoms with Gasteiger partial charge in [-0.15, -0.1) is 0 Å². The zero-order chi connectivity index (χ0) is 62.9. The van der Waals surface area contributed by atoms with Gasteiger partial charge in [-0.2, -0.15) is 10.2 Å². The second-order valence-corrected chi connectivity index (χ2v) is 25.2. The first-order valence-corrected chi connectivity index (χ1v) is 34.2. The SMILES string of the molecule is CCOC(=O)c1c(CCCOc2cccc3c2CCCC3)c2cccc3c2n1CCCCOCc1c-3c(C2CC2)nn1CCOC.CCOC(=O)c1c(CCCOc2cccc3ccccc23)c2cccc3c2n1CCCCOCc1c-3c(C2CC2)nn1CCOC. The number of fused-ring (bicyclic) bond motifs is 6. The van der Waals surface area contributed by atoms with Gasteiger partial charge in [-0.25, -0.2) is 9.59 Å². The van der Waals surface area contributed by atoms with E-state index < -0.39 is 0 Å². The summed E-state index contributed by atoms with van der Waals surface area (Å²) in [4.78, 5) is 27.6. The molecule has 0 N–H and O–H groups in total. The molecule has 0 radical (unpaired) electrons. The molecule has 0 unspecified atom stereocenters. The highest BCUT2D eigenvalue weighted by Gasteiger charge is 2.37. The van der Waals surface area contributed by atoms with Crippen molar-refractivity contribution < 1.29 is 47.5 Å². The molecule has 484 valence electrons.